The second kappa shape index (κ2) is 6.06. The lowest BCUT2D eigenvalue weighted by molar-refractivity contribution is 0.102. The van der Waals surface area contributed by atoms with E-state index in [1.165, 1.54) is 18.2 Å². The molecule has 1 amide bonds. The van der Waals surface area contributed by atoms with Gasteiger partial charge in [-0.1, -0.05) is 24.3 Å². The Balaban J connectivity index is 2.19. The van der Waals surface area contributed by atoms with Crippen LogP contribution in [0.25, 0.3) is 0 Å². The van der Waals surface area contributed by atoms with Crippen LogP contribution in [0.4, 0.5) is 10.1 Å². The summed E-state index contributed by atoms with van der Waals surface area (Å²) < 4.78 is 18.0. The molecule has 2 aromatic rings. The van der Waals surface area contributed by atoms with Crippen LogP contribution in [-0.2, 0) is 11.3 Å². The third-order valence-corrected chi connectivity index (χ3v) is 2.51. The number of nitrogens with zero attached hydrogens (tertiary/aromatic N) is 1. The molecule has 0 aliphatic rings. The number of anilines is 1. The van der Waals surface area contributed by atoms with E-state index in [1.54, 1.807) is 19.2 Å². The van der Waals surface area contributed by atoms with E-state index in [0.29, 0.717) is 12.3 Å². The van der Waals surface area contributed by atoms with Crippen molar-refractivity contribution in [2.45, 2.75) is 6.61 Å². The zero-order valence-electron chi connectivity index (χ0n) is 10.4. The van der Waals surface area contributed by atoms with Gasteiger partial charge in [-0.05, 0) is 18.2 Å². The van der Waals surface area contributed by atoms with Gasteiger partial charge in [0, 0.05) is 18.4 Å². The minimum absolute atomic E-state index is 0.0345. The van der Waals surface area contributed by atoms with Crippen molar-refractivity contribution in [3.8, 4) is 0 Å². The van der Waals surface area contributed by atoms with Crippen LogP contribution in [0, 0.1) is 5.95 Å². The minimum atomic E-state index is -0.683. The number of carbonyl (C=O) groups excluding carboxylic acids is 1. The Bertz CT molecular complexity index is 587. The normalized spacial score (nSPS) is 10.2. The molecule has 0 aliphatic carbocycles. The van der Waals surface area contributed by atoms with Crippen molar-refractivity contribution in [2.75, 3.05) is 12.4 Å². The molecule has 0 saturated heterocycles. The predicted octanol–water partition coefficient (Wildman–Crippen LogP) is 2.62. The van der Waals surface area contributed by atoms with E-state index in [0.717, 1.165) is 5.56 Å². The van der Waals surface area contributed by atoms with Crippen LogP contribution in [0.3, 0.4) is 0 Å². The van der Waals surface area contributed by atoms with Crippen LogP contribution in [-0.4, -0.2) is 18.0 Å². The number of ether oxygens (including phenoxy) is 1. The third-order valence-electron chi connectivity index (χ3n) is 2.51. The highest BCUT2D eigenvalue weighted by Crippen LogP contribution is 2.16. The molecule has 0 bridgehead atoms. The molecule has 0 spiro atoms. The molecule has 5 heteroatoms. The summed E-state index contributed by atoms with van der Waals surface area (Å²) in [4.78, 5) is 15.5. The largest absolute Gasteiger partial charge is 0.380 e. The molecular weight excluding hydrogens is 247 g/mol. The first-order valence-corrected chi connectivity index (χ1v) is 5.71. The summed E-state index contributed by atoms with van der Waals surface area (Å²) in [6.45, 7) is 0.382. The molecule has 1 aromatic heterocycles. The molecule has 2 rings (SSSR count). The van der Waals surface area contributed by atoms with Crippen molar-refractivity contribution in [3.63, 3.8) is 0 Å². The summed E-state index contributed by atoms with van der Waals surface area (Å²) in [6.07, 6.45) is 0. The SMILES string of the molecule is COCc1ccccc1NC(=O)c1cccc(F)n1. The molecule has 0 unspecified atom stereocenters. The van der Waals surface area contributed by atoms with Crippen molar-refractivity contribution < 1.29 is 13.9 Å². The van der Waals surface area contributed by atoms with Gasteiger partial charge in [0.25, 0.3) is 5.91 Å². The number of amides is 1. The van der Waals surface area contributed by atoms with Gasteiger partial charge in [0.2, 0.25) is 5.95 Å². The number of hydrogen-bond donors (Lipinski definition) is 1. The lowest BCUT2D eigenvalue weighted by Gasteiger charge is -2.09. The van der Waals surface area contributed by atoms with E-state index in [9.17, 15) is 9.18 Å². The van der Waals surface area contributed by atoms with Gasteiger partial charge >= 0.3 is 0 Å². The molecule has 0 saturated carbocycles. The number of halogens is 1. The lowest BCUT2D eigenvalue weighted by Crippen LogP contribution is -2.15. The van der Waals surface area contributed by atoms with Crippen molar-refractivity contribution in [2.24, 2.45) is 0 Å². The van der Waals surface area contributed by atoms with Gasteiger partial charge in [-0.15, -0.1) is 0 Å². The van der Waals surface area contributed by atoms with Gasteiger partial charge in [-0.3, -0.25) is 4.79 Å². The fourth-order valence-corrected chi connectivity index (χ4v) is 1.64. The summed E-state index contributed by atoms with van der Waals surface area (Å²) in [5.41, 5.74) is 1.50. The van der Waals surface area contributed by atoms with Crippen molar-refractivity contribution in [1.29, 1.82) is 0 Å². The summed E-state index contributed by atoms with van der Waals surface area (Å²) in [6, 6.07) is 11.3. The van der Waals surface area contributed by atoms with Crippen LogP contribution in [0.1, 0.15) is 16.1 Å². The summed E-state index contributed by atoms with van der Waals surface area (Å²) in [5, 5.41) is 2.69. The number of aromatic nitrogens is 1. The number of pyridine rings is 1. The number of carbonyl (C=O) groups is 1. The van der Waals surface area contributed by atoms with Gasteiger partial charge in [0.05, 0.1) is 6.61 Å². The van der Waals surface area contributed by atoms with Crippen LogP contribution in [0.5, 0.6) is 0 Å². The number of rotatable bonds is 4. The average Bonchev–Trinajstić information content (AvgIpc) is 2.41. The van der Waals surface area contributed by atoms with Crippen LogP contribution < -0.4 is 5.32 Å². The van der Waals surface area contributed by atoms with Gasteiger partial charge in [-0.25, -0.2) is 4.98 Å². The summed E-state index contributed by atoms with van der Waals surface area (Å²) in [7, 11) is 1.58. The Morgan fingerprint density at radius 2 is 2.05 bits per heavy atom. The van der Waals surface area contributed by atoms with E-state index in [1.807, 2.05) is 12.1 Å². The number of methoxy groups -OCH3 is 1. The molecular formula is C14H13FN2O2. The molecule has 1 aromatic carbocycles. The highest BCUT2D eigenvalue weighted by Gasteiger charge is 2.10. The van der Waals surface area contributed by atoms with E-state index in [4.69, 9.17) is 4.74 Å². The van der Waals surface area contributed by atoms with Crippen LogP contribution in [0.2, 0.25) is 0 Å². The Kier molecular flexibility index (Phi) is 4.20. The third kappa shape index (κ3) is 3.35. The Hall–Kier alpha value is -2.27. The maximum Gasteiger partial charge on any atom is 0.274 e. The van der Waals surface area contributed by atoms with E-state index >= 15 is 0 Å². The molecule has 4 nitrogen and oxygen atoms in total. The quantitative estimate of drug-likeness (QED) is 0.860. The van der Waals surface area contributed by atoms with Crippen LogP contribution >= 0.6 is 0 Å². The Labute approximate surface area is 110 Å². The fourth-order valence-electron chi connectivity index (χ4n) is 1.64. The van der Waals surface area contributed by atoms with E-state index in [-0.39, 0.29) is 5.69 Å². The standard InChI is InChI=1S/C14H13FN2O2/c1-19-9-10-5-2-3-6-11(10)17-14(18)12-7-4-8-13(15)16-12/h2-8H,9H2,1H3,(H,17,18). The highest BCUT2D eigenvalue weighted by atomic mass is 19.1. The first-order valence-electron chi connectivity index (χ1n) is 5.71. The van der Waals surface area contributed by atoms with Gasteiger partial charge in [-0.2, -0.15) is 4.39 Å². The van der Waals surface area contributed by atoms with Crippen molar-refractivity contribution in [1.82, 2.24) is 4.98 Å². The maximum atomic E-state index is 13.0. The zero-order chi connectivity index (χ0) is 13.7. The Morgan fingerprint density at radius 3 is 2.79 bits per heavy atom. The monoisotopic (exact) mass is 260 g/mol. The molecule has 98 valence electrons. The first kappa shape index (κ1) is 13.2. The summed E-state index contributed by atoms with van der Waals surface area (Å²) in [5.74, 6) is -1.14. The lowest BCUT2D eigenvalue weighted by atomic mass is 10.2. The van der Waals surface area contributed by atoms with Gasteiger partial charge in [0.15, 0.2) is 0 Å². The van der Waals surface area contributed by atoms with E-state index < -0.39 is 11.9 Å². The molecule has 0 atom stereocenters. The first-order chi connectivity index (χ1) is 9.20. The highest BCUT2D eigenvalue weighted by molar-refractivity contribution is 6.03. The molecule has 1 N–H and O–H groups in total. The molecule has 0 radical (unpaired) electrons. The number of para-hydroxylation sites is 1. The topological polar surface area (TPSA) is 51.2 Å². The van der Waals surface area contributed by atoms with Crippen LogP contribution in [0.15, 0.2) is 42.5 Å². The van der Waals surface area contributed by atoms with Gasteiger partial charge < -0.3 is 10.1 Å². The number of nitrogens with one attached hydrogen (secondary N) is 1. The number of benzene rings is 1. The summed E-state index contributed by atoms with van der Waals surface area (Å²) >= 11 is 0. The van der Waals surface area contributed by atoms with Crippen molar-refractivity contribution >= 4 is 11.6 Å². The predicted molar refractivity (Wildman–Crippen MR) is 69.3 cm³/mol. The Morgan fingerprint density at radius 1 is 1.26 bits per heavy atom. The molecule has 19 heavy (non-hydrogen) atoms. The average molecular weight is 260 g/mol. The second-order valence-electron chi connectivity index (χ2n) is 3.89. The number of hydrogen-bond acceptors (Lipinski definition) is 3. The van der Waals surface area contributed by atoms with Crippen molar-refractivity contribution in [3.05, 3.63) is 59.7 Å². The van der Waals surface area contributed by atoms with E-state index in [2.05, 4.69) is 10.3 Å². The second-order valence-corrected chi connectivity index (χ2v) is 3.89. The maximum absolute atomic E-state index is 13.0. The molecule has 0 aliphatic heterocycles. The fraction of sp³-hybridized carbons (Fsp3) is 0.143. The minimum Gasteiger partial charge on any atom is -0.380 e. The smallest absolute Gasteiger partial charge is 0.274 e. The van der Waals surface area contributed by atoms with Gasteiger partial charge in [0.1, 0.15) is 5.69 Å². The zero-order valence-corrected chi connectivity index (χ0v) is 10.4. The molecule has 1 heterocycles. The molecule has 0 fully saturated rings.